The van der Waals surface area contributed by atoms with Gasteiger partial charge in [0.15, 0.2) is 0 Å². The SMILES string of the molecule is COC(=O)C1CN(C(=O)CC2CCSCC2)CC1C. The monoisotopic (exact) mass is 285 g/mol. The molecule has 2 aliphatic heterocycles. The van der Waals surface area contributed by atoms with E-state index in [-0.39, 0.29) is 23.7 Å². The summed E-state index contributed by atoms with van der Waals surface area (Å²) in [4.78, 5) is 25.8. The lowest BCUT2D eigenvalue weighted by Gasteiger charge is -2.23. The Bertz CT molecular complexity index is 342. The fourth-order valence-corrected chi connectivity index (χ4v) is 4.16. The predicted octanol–water partition coefficient (Wildman–Crippen LogP) is 1.79. The van der Waals surface area contributed by atoms with Gasteiger partial charge in [-0.3, -0.25) is 9.59 Å². The van der Waals surface area contributed by atoms with Crippen molar-refractivity contribution in [2.45, 2.75) is 26.2 Å². The molecule has 0 aromatic carbocycles. The molecule has 19 heavy (non-hydrogen) atoms. The van der Waals surface area contributed by atoms with Gasteiger partial charge in [-0.05, 0) is 36.2 Å². The highest BCUT2D eigenvalue weighted by Gasteiger charge is 2.37. The maximum atomic E-state index is 12.3. The molecular formula is C14H23NO3S. The lowest BCUT2D eigenvalue weighted by molar-refractivity contribution is -0.146. The molecule has 2 saturated heterocycles. The minimum absolute atomic E-state index is 0.143. The fraction of sp³-hybridized carbons (Fsp3) is 0.857. The number of ether oxygens (including phenoxy) is 1. The van der Waals surface area contributed by atoms with Crippen LogP contribution < -0.4 is 0 Å². The quantitative estimate of drug-likeness (QED) is 0.742. The van der Waals surface area contributed by atoms with E-state index >= 15 is 0 Å². The normalized spacial score (nSPS) is 28.4. The van der Waals surface area contributed by atoms with Crippen LogP contribution in [0.25, 0.3) is 0 Å². The number of rotatable bonds is 3. The van der Waals surface area contributed by atoms with Crippen molar-refractivity contribution in [3.05, 3.63) is 0 Å². The number of carbonyl (C=O) groups excluding carboxylic acids is 2. The topological polar surface area (TPSA) is 46.6 Å². The van der Waals surface area contributed by atoms with Crippen molar-refractivity contribution in [2.75, 3.05) is 31.7 Å². The van der Waals surface area contributed by atoms with Crippen LogP contribution in [0.3, 0.4) is 0 Å². The Balaban J connectivity index is 1.85. The van der Waals surface area contributed by atoms with Gasteiger partial charge in [0.1, 0.15) is 0 Å². The first kappa shape index (κ1) is 14.7. The third-order valence-electron chi connectivity index (χ3n) is 4.27. The third-order valence-corrected chi connectivity index (χ3v) is 5.32. The van der Waals surface area contributed by atoms with Crippen LogP contribution in [0.2, 0.25) is 0 Å². The Hall–Kier alpha value is -0.710. The van der Waals surface area contributed by atoms with Gasteiger partial charge in [0, 0.05) is 19.5 Å². The van der Waals surface area contributed by atoms with Gasteiger partial charge in [0.25, 0.3) is 0 Å². The van der Waals surface area contributed by atoms with Gasteiger partial charge in [-0.25, -0.2) is 0 Å². The van der Waals surface area contributed by atoms with Crippen molar-refractivity contribution in [1.82, 2.24) is 4.90 Å². The van der Waals surface area contributed by atoms with Crippen LogP contribution in [-0.4, -0.2) is 48.5 Å². The van der Waals surface area contributed by atoms with Crippen molar-refractivity contribution in [1.29, 1.82) is 0 Å². The molecule has 0 aromatic rings. The molecular weight excluding hydrogens is 262 g/mol. The van der Waals surface area contributed by atoms with Crippen molar-refractivity contribution in [3.63, 3.8) is 0 Å². The number of esters is 1. The number of hydrogen-bond acceptors (Lipinski definition) is 4. The van der Waals surface area contributed by atoms with Crippen LogP contribution in [-0.2, 0) is 14.3 Å². The highest BCUT2D eigenvalue weighted by molar-refractivity contribution is 7.99. The molecule has 2 heterocycles. The first-order valence-electron chi connectivity index (χ1n) is 7.05. The largest absolute Gasteiger partial charge is 0.469 e. The highest BCUT2D eigenvalue weighted by atomic mass is 32.2. The number of likely N-dealkylation sites (tertiary alicyclic amines) is 1. The van der Waals surface area contributed by atoms with E-state index in [1.54, 1.807) is 0 Å². The number of methoxy groups -OCH3 is 1. The van der Waals surface area contributed by atoms with Crippen molar-refractivity contribution in [3.8, 4) is 0 Å². The lowest BCUT2D eigenvalue weighted by atomic mass is 9.98. The van der Waals surface area contributed by atoms with Gasteiger partial charge in [0.05, 0.1) is 13.0 Å². The molecule has 0 N–H and O–H groups in total. The van der Waals surface area contributed by atoms with Crippen LogP contribution in [0.5, 0.6) is 0 Å². The summed E-state index contributed by atoms with van der Waals surface area (Å²) in [5, 5.41) is 0. The average Bonchev–Trinajstić information content (AvgIpc) is 2.81. The summed E-state index contributed by atoms with van der Waals surface area (Å²) in [6, 6.07) is 0. The van der Waals surface area contributed by atoms with Crippen LogP contribution in [0, 0.1) is 17.8 Å². The third kappa shape index (κ3) is 3.65. The average molecular weight is 285 g/mol. The zero-order valence-electron chi connectivity index (χ0n) is 11.8. The highest BCUT2D eigenvalue weighted by Crippen LogP contribution is 2.29. The first-order valence-corrected chi connectivity index (χ1v) is 8.20. The molecule has 4 nitrogen and oxygen atoms in total. The number of hydrogen-bond donors (Lipinski definition) is 0. The second-order valence-electron chi connectivity index (χ2n) is 5.67. The van der Waals surface area contributed by atoms with Crippen molar-refractivity contribution >= 4 is 23.6 Å². The predicted molar refractivity (Wildman–Crippen MR) is 75.9 cm³/mol. The van der Waals surface area contributed by atoms with Gasteiger partial charge in [-0.15, -0.1) is 0 Å². The fourth-order valence-electron chi connectivity index (χ4n) is 2.96. The molecule has 0 radical (unpaired) electrons. The van der Waals surface area contributed by atoms with E-state index in [4.69, 9.17) is 4.74 Å². The Labute approximate surface area is 119 Å². The zero-order valence-corrected chi connectivity index (χ0v) is 12.6. The summed E-state index contributed by atoms with van der Waals surface area (Å²) in [5.41, 5.74) is 0. The second-order valence-corrected chi connectivity index (χ2v) is 6.89. The first-order chi connectivity index (χ1) is 9.11. The molecule has 2 atom stereocenters. The maximum absolute atomic E-state index is 12.3. The number of nitrogens with zero attached hydrogens (tertiary/aromatic N) is 1. The van der Waals surface area contributed by atoms with Crippen molar-refractivity contribution in [2.24, 2.45) is 17.8 Å². The summed E-state index contributed by atoms with van der Waals surface area (Å²) < 4.78 is 4.80. The summed E-state index contributed by atoms with van der Waals surface area (Å²) in [6.45, 7) is 3.25. The van der Waals surface area contributed by atoms with Gasteiger partial charge in [0.2, 0.25) is 5.91 Å². The molecule has 2 aliphatic rings. The minimum Gasteiger partial charge on any atom is -0.469 e. The van der Waals surface area contributed by atoms with Gasteiger partial charge in [-0.1, -0.05) is 6.92 Å². The molecule has 0 aromatic heterocycles. The van der Waals surface area contributed by atoms with Crippen LogP contribution >= 0.6 is 11.8 Å². The molecule has 0 aliphatic carbocycles. The number of thioether (sulfide) groups is 1. The molecule has 0 spiro atoms. The molecule has 2 unspecified atom stereocenters. The second kappa shape index (κ2) is 6.64. The smallest absolute Gasteiger partial charge is 0.310 e. The van der Waals surface area contributed by atoms with Crippen LogP contribution in [0.4, 0.5) is 0 Å². The molecule has 2 fully saturated rings. The summed E-state index contributed by atoms with van der Waals surface area (Å²) in [5.74, 6) is 3.00. The Morgan fingerprint density at radius 2 is 1.95 bits per heavy atom. The standard InChI is InChI=1S/C14H23NO3S/c1-10-8-15(9-12(10)14(17)18-2)13(16)7-11-3-5-19-6-4-11/h10-12H,3-9H2,1-2H3. The molecule has 108 valence electrons. The van der Waals surface area contributed by atoms with Gasteiger partial charge < -0.3 is 9.64 Å². The number of carbonyl (C=O) groups is 2. The Morgan fingerprint density at radius 3 is 2.58 bits per heavy atom. The number of amides is 1. The van der Waals surface area contributed by atoms with E-state index in [0.717, 1.165) is 12.8 Å². The van der Waals surface area contributed by atoms with E-state index in [9.17, 15) is 9.59 Å². The lowest BCUT2D eigenvalue weighted by Crippen LogP contribution is -2.32. The van der Waals surface area contributed by atoms with E-state index < -0.39 is 0 Å². The maximum Gasteiger partial charge on any atom is 0.310 e. The summed E-state index contributed by atoms with van der Waals surface area (Å²) in [6.07, 6.45) is 2.96. The van der Waals surface area contributed by atoms with Crippen molar-refractivity contribution < 1.29 is 14.3 Å². The molecule has 0 bridgehead atoms. The van der Waals surface area contributed by atoms with E-state index in [0.29, 0.717) is 25.4 Å². The summed E-state index contributed by atoms with van der Waals surface area (Å²) in [7, 11) is 1.42. The summed E-state index contributed by atoms with van der Waals surface area (Å²) >= 11 is 1.98. The molecule has 5 heteroatoms. The van der Waals surface area contributed by atoms with Crippen LogP contribution in [0.15, 0.2) is 0 Å². The minimum atomic E-state index is -0.183. The van der Waals surface area contributed by atoms with E-state index in [1.165, 1.54) is 18.6 Å². The van der Waals surface area contributed by atoms with Crippen LogP contribution in [0.1, 0.15) is 26.2 Å². The Morgan fingerprint density at radius 1 is 1.26 bits per heavy atom. The molecule has 2 rings (SSSR count). The van der Waals surface area contributed by atoms with Gasteiger partial charge >= 0.3 is 5.97 Å². The zero-order chi connectivity index (χ0) is 13.8. The Kier molecular flexibility index (Phi) is 5.13. The molecule has 1 amide bonds. The van der Waals surface area contributed by atoms with E-state index in [1.807, 2.05) is 23.6 Å². The van der Waals surface area contributed by atoms with Gasteiger partial charge in [-0.2, -0.15) is 11.8 Å². The molecule has 0 saturated carbocycles. The van der Waals surface area contributed by atoms with E-state index in [2.05, 4.69) is 0 Å².